The van der Waals surface area contributed by atoms with E-state index in [0.717, 1.165) is 12.1 Å². The lowest BCUT2D eigenvalue weighted by Crippen LogP contribution is -2.26. The topological polar surface area (TPSA) is 48.0 Å². The predicted octanol–water partition coefficient (Wildman–Crippen LogP) is 1.11. The molecule has 0 unspecified atom stereocenters. The molecule has 2 rings (SSSR count). The summed E-state index contributed by atoms with van der Waals surface area (Å²) in [6.07, 6.45) is 5.73. The Morgan fingerprint density at radius 1 is 1.43 bits per heavy atom. The lowest BCUT2D eigenvalue weighted by Gasteiger charge is -2.26. The molecule has 0 spiro atoms. The van der Waals surface area contributed by atoms with E-state index in [9.17, 15) is 4.79 Å². The van der Waals surface area contributed by atoms with Crippen LogP contribution in [-0.4, -0.2) is 4.57 Å². The maximum absolute atomic E-state index is 11.5. The monoisotopic (exact) mass is 192 g/mol. The molecule has 14 heavy (non-hydrogen) atoms. The van der Waals surface area contributed by atoms with Crippen molar-refractivity contribution in [2.45, 2.75) is 32.4 Å². The van der Waals surface area contributed by atoms with E-state index in [1.165, 1.54) is 19.3 Å². The average Bonchev–Trinajstić information content (AvgIpc) is 2.14. The number of hydrogen-bond donors (Lipinski definition) is 1. The van der Waals surface area contributed by atoms with Crippen molar-refractivity contribution in [3.05, 3.63) is 34.2 Å². The van der Waals surface area contributed by atoms with Crippen LogP contribution in [0.15, 0.2) is 23.1 Å². The Kier molecular flexibility index (Phi) is 2.68. The zero-order chi connectivity index (χ0) is 9.97. The minimum Gasteiger partial charge on any atom is -0.326 e. The second-order valence-corrected chi connectivity index (χ2v) is 4.03. The van der Waals surface area contributed by atoms with Crippen LogP contribution in [0.1, 0.15) is 24.8 Å². The van der Waals surface area contributed by atoms with E-state index in [0.29, 0.717) is 12.5 Å². The third-order valence-electron chi connectivity index (χ3n) is 2.96. The minimum absolute atomic E-state index is 0.0918. The number of rotatable bonds is 3. The smallest absolute Gasteiger partial charge is 0.250 e. The standard InChI is InChI=1S/C11H16N2O/c12-6-10-4-5-11(14)13(8-10)7-9-2-1-3-9/h4-5,8-9H,1-3,6-7,12H2. The van der Waals surface area contributed by atoms with Crippen LogP contribution in [-0.2, 0) is 13.1 Å². The maximum atomic E-state index is 11.5. The van der Waals surface area contributed by atoms with Gasteiger partial charge in [0.15, 0.2) is 0 Å². The van der Waals surface area contributed by atoms with Gasteiger partial charge < -0.3 is 10.3 Å². The second kappa shape index (κ2) is 3.96. The normalized spacial score (nSPS) is 16.6. The summed E-state index contributed by atoms with van der Waals surface area (Å²) in [7, 11) is 0. The zero-order valence-electron chi connectivity index (χ0n) is 8.28. The van der Waals surface area contributed by atoms with Crippen LogP contribution in [0.25, 0.3) is 0 Å². The van der Waals surface area contributed by atoms with Gasteiger partial charge >= 0.3 is 0 Å². The van der Waals surface area contributed by atoms with Gasteiger partial charge in [0.25, 0.3) is 5.56 Å². The molecule has 0 amide bonds. The average molecular weight is 192 g/mol. The van der Waals surface area contributed by atoms with Crippen LogP contribution < -0.4 is 11.3 Å². The van der Waals surface area contributed by atoms with Crippen LogP contribution in [0.3, 0.4) is 0 Å². The molecular formula is C11H16N2O. The van der Waals surface area contributed by atoms with Crippen LogP contribution in [0.2, 0.25) is 0 Å². The fraction of sp³-hybridized carbons (Fsp3) is 0.545. The van der Waals surface area contributed by atoms with E-state index in [4.69, 9.17) is 5.73 Å². The Morgan fingerprint density at radius 3 is 2.79 bits per heavy atom. The van der Waals surface area contributed by atoms with Crippen LogP contribution in [0.4, 0.5) is 0 Å². The van der Waals surface area contributed by atoms with E-state index in [2.05, 4.69) is 0 Å². The molecule has 3 nitrogen and oxygen atoms in total. The SMILES string of the molecule is NCc1ccc(=O)n(CC2CCC2)c1. The lowest BCUT2D eigenvalue weighted by molar-refractivity contribution is 0.273. The molecule has 0 aliphatic heterocycles. The number of nitrogens with two attached hydrogens (primary N) is 1. The summed E-state index contributed by atoms with van der Waals surface area (Å²) in [5, 5.41) is 0. The van der Waals surface area contributed by atoms with Gasteiger partial charge in [-0.1, -0.05) is 12.5 Å². The van der Waals surface area contributed by atoms with Crippen molar-refractivity contribution in [2.75, 3.05) is 0 Å². The van der Waals surface area contributed by atoms with Crippen molar-refractivity contribution < 1.29 is 0 Å². The Labute approximate surface area is 83.5 Å². The molecule has 0 atom stereocenters. The molecule has 0 saturated heterocycles. The fourth-order valence-corrected chi connectivity index (χ4v) is 1.80. The molecule has 0 aromatic carbocycles. The molecule has 1 aromatic rings. The number of hydrogen-bond acceptors (Lipinski definition) is 2. The summed E-state index contributed by atoms with van der Waals surface area (Å²) in [5.74, 6) is 0.709. The first kappa shape index (κ1) is 9.46. The number of pyridine rings is 1. The van der Waals surface area contributed by atoms with Gasteiger partial charge in [-0.3, -0.25) is 4.79 Å². The summed E-state index contributed by atoms with van der Waals surface area (Å²) in [6, 6.07) is 3.42. The highest BCUT2D eigenvalue weighted by Gasteiger charge is 2.17. The minimum atomic E-state index is 0.0918. The first-order valence-electron chi connectivity index (χ1n) is 5.19. The highest BCUT2D eigenvalue weighted by Crippen LogP contribution is 2.27. The Hall–Kier alpha value is -1.09. The number of nitrogens with zero attached hydrogens (tertiary/aromatic N) is 1. The summed E-state index contributed by atoms with van der Waals surface area (Å²) < 4.78 is 1.80. The van der Waals surface area contributed by atoms with Crippen molar-refractivity contribution in [1.82, 2.24) is 4.57 Å². The van der Waals surface area contributed by atoms with E-state index in [1.54, 1.807) is 16.7 Å². The molecule has 0 radical (unpaired) electrons. The Bertz CT molecular complexity index is 366. The van der Waals surface area contributed by atoms with Crippen molar-refractivity contribution in [3.63, 3.8) is 0 Å². The molecule has 1 aromatic heterocycles. The quantitative estimate of drug-likeness (QED) is 0.779. The lowest BCUT2D eigenvalue weighted by atomic mass is 9.85. The predicted molar refractivity (Wildman–Crippen MR) is 55.9 cm³/mol. The molecule has 76 valence electrons. The zero-order valence-corrected chi connectivity index (χ0v) is 8.28. The van der Waals surface area contributed by atoms with E-state index < -0.39 is 0 Å². The largest absolute Gasteiger partial charge is 0.326 e. The molecule has 1 aliphatic carbocycles. The van der Waals surface area contributed by atoms with Gasteiger partial charge in [-0.25, -0.2) is 0 Å². The molecule has 2 N–H and O–H groups in total. The van der Waals surface area contributed by atoms with Crippen LogP contribution in [0, 0.1) is 5.92 Å². The summed E-state index contributed by atoms with van der Waals surface area (Å²) >= 11 is 0. The van der Waals surface area contributed by atoms with Crippen molar-refractivity contribution in [2.24, 2.45) is 11.7 Å². The maximum Gasteiger partial charge on any atom is 0.250 e. The molecule has 1 saturated carbocycles. The van der Waals surface area contributed by atoms with E-state index in [-0.39, 0.29) is 5.56 Å². The third kappa shape index (κ3) is 1.87. The van der Waals surface area contributed by atoms with Gasteiger partial charge in [-0.2, -0.15) is 0 Å². The summed E-state index contributed by atoms with van der Waals surface area (Å²) in [4.78, 5) is 11.5. The first-order chi connectivity index (χ1) is 6.79. The van der Waals surface area contributed by atoms with Gasteiger partial charge in [-0.05, 0) is 24.3 Å². The van der Waals surface area contributed by atoms with Gasteiger partial charge in [0, 0.05) is 25.4 Å². The Balaban J connectivity index is 2.17. The highest BCUT2D eigenvalue weighted by atomic mass is 16.1. The van der Waals surface area contributed by atoms with E-state index in [1.807, 2.05) is 6.20 Å². The van der Waals surface area contributed by atoms with Crippen LogP contribution >= 0.6 is 0 Å². The molecule has 1 heterocycles. The fourth-order valence-electron chi connectivity index (χ4n) is 1.80. The van der Waals surface area contributed by atoms with Gasteiger partial charge in [0.1, 0.15) is 0 Å². The van der Waals surface area contributed by atoms with Gasteiger partial charge in [0.05, 0.1) is 0 Å². The molecule has 0 bridgehead atoms. The van der Waals surface area contributed by atoms with E-state index >= 15 is 0 Å². The summed E-state index contributed by atoms with van der Waals surface area (Å²) in [5.41, 5.74) is 6.65. The van der Waals surface area contributed by atoms with Crippen molar-refractivity contribution >= 4 is 0 Å². The summed E-state index contributed by atoms with van der Waals surface area (Å²) in [6.45, 7) is 1.37. The molecule has 3 heteroatoms. The van der Waals surface area contributed by atoms with Crippen molar-refractivity contribution in [1.29, 1.82) is 0 Å². The molecular weight excluding hydrogens is 176 g/mol. The third-order valence-corrected chi connectivity index (χ3v) is 2.96. The first-order valence-corrected chi connectivity index (χ1v) is 5.19. The van der Waals surface area contributed by atoms with Gasteiger partial charge in [0.2, 0.25) is 0 Å². The van der Waals surface area contributed by atoms with Crippen LogP contribution in [0.5, 0.6) is 0 Å². The van der Waals surface area contributed by atoms with Gasteiger partial charge in [-0.15, -0.1) is 0 Å². The Morgan fingerprint density at radius 2 is 2.21 bits per heavy atom. The number of aromatic nitrogens is 1. The second-order valence-electron chi connectivity index (χ2n) is 4.03. The molecule has 1 fully saturated rings. The highest BCUT2D eigenvalue weighted by molar-refractivity contribution is 5.09. The molecule has 1 aliphatic rings. The van der Waals surface area contributed by atoms with Crippen molar-refractivity contribution in [3.8, 4) is 0 Å².